The molecule has 0 unspecified atom stereocenters. The highest BCUT2D eigenvalue weighted by atomic mass is 35.5. The molecule has 0 atom stereocenters. The van der Waals surface area contributed by atoms with Crippen LogP contribution in [0.1, 0.15) is 26.7 Å². The summed E-state index contributed by atoms with van der Waals surface area (Å²) in [6, 6.07) is 4.95. The Kier molecular flexibility index (Phi) is 6.67. The van der Waals surface area contributed by atoms with E-state index < -0.39 is 0 Å². The second-order valence-electron chi connectivity index (χ2n) is 4.88. The van der Waals surface area contributed by atoms with Gasteiger partial charge >= 0.3 is 0 Å². The molecule has 19 heavy (non-hydrogen) atoms. The summed E-state index contributed by atoms with van der Waals surface area (Å²) in [6.45, 7) is 4.95. The van der Waals surface area contributed by atoms with E-state index in [0.717, 1.165) is 12.8 Å². The van der Waals surface area contributed by atoms with Crippen molar-refractivity contribution in [1.29, 1.82) is 0 Å². The summed E-state index contributed by atoms with van der Waals surface area (Å²) in [4.78, 5) is 11.6. The second kappa shape index (κ2) is 8.02. The number of benzene rings is 1. The molecule has 0 spiro atoms. The second-order valence-corrected chi connectivity index (χ2v) is 5.28. The van der Waals surface area contributed by atoms with Gasteiger partial charge < -0.3 is 15.8 Å². The third-order valence-corrected chi connectivity index (χ3v) is 2.90. The lowest BCUT2D eigenvalue weighted by Crippen LogP contribution is -2.19. The fraction of sp³-hybridized carbons (Fsp3) is 0.500. The van der Waals surface area contributed by atoms with E-state index in [4.69, 9.17) is 22.1 Å². The van der Waals surface area contributed by atoms with E-state index in [-0.39, 0.29) is 12.5 Å². The number of hydrogen-bond acceptors (Lipinski definition) is 3. The summed E-state index contributed by atoms with van der Waals surface area (Å²) in [7, 11) is 0. The van der Waals surface area contributed by atoms with Crippen LogP contribution in [0.2, 0.25) is 5.02 Å². The lowest BCUT2D eigenvalue weighted by atomic mass is 10.1. The third-order valence-electron chi connectivity index (χ3n) is 2.57. The molecule has 0 bridgehead atoms. The molecule has 3 N–H and O–H groups in total. The minimum absolute atomic E-state index is 0.0310. The Morgan fingerprint density at radius 1 is 1.47 bits per heavy atom. The fourth-order valence-electron chi connectivity index (χ4n) is 1.58. The van der Waals surface area contributed by atoms with Crippen LogP contribution in [0.3, 0.4) is 0 Å². The molecule has 0 aliphatic heterocycles. The van der Waals surface area contributed by atoms with Gasteiger partial charge in [-0.15, -0.1) is 0 Å². The Hall–Kier alpha value is -1.26. The average molecular weight is 285 g/mol. The molecule has 0 fully saturated rings. The Labute approximate surface area is 119 Å². The highest BCUT2D eigenvalue weighted by Gasteiger charge is 2.06. The first-order valence-corrected chi connectivity index (χ1v) is 6.79. The van der Waals surface area contributed by atoms with Crippen LogP contribution in [-0.4, -0.2) is 19.1 Å². The van der Waals surface area contributed by atoms with Crippen molar-refractivity contribution < 1.29 is 9.53 Å². The highest BCUT2D eigenvalue weighted by Crippen LogP contribution is 2.23. The maximum atomic E-state index is 11.6. The van der Waals surface area contributed by atoms with Crippen molar-refractivity contribution in [3.8, 4) is 0 Å². The summed E-state index contributed by atoms with van der Waals surface area (Å²) in [5.41, 5.74) is 6.69. The number of amides is 1. The molecule has 0 saturated carbocycles. The molecular weight excluding hydrogens is 264 g/mol. The summed E-state index contributed by atoms with van der Waals surface area (Å²) in [6.07, 6.45) is 2.06. The number of anilines is 2. The molecule has 0 aliphatic rings. The van der Waals surface area contributed by atoms with Gasteiger partial charge in [-0.1, -0.05) is 25.4 Å². The summed E-state index contributed by atoms with van der Waals surface area (Å²) >= 11 is 5.95. The lowest BCUT2D eigenvalue weighted by Gasteiger charge is -2.09. The van der Waals surface area contributed by atoms with Gasteiger partial charge in [0.1, 0.15) is 6.61 Å². The van der Waals surface area contributed by atoms with E-state index in [9.17, 15) is 4.79 Å². The molecule has 5 heteroatoms. The van der Waals surface area contributed by atoms with Crippen LogP contribution in [-0.2, 0) is 9.53 Å². The molecule has 4 nitrogen and oxygen atoms in total. The zero-order valence-electron chi connectivity index (χ0n) is 11.4. The van der Waals surface area contributed by atoms with E-state index in [1.54, 1.807) is 18.2 Å². The predicted octanol–water partition coefficient (Wildman–Crippen LogP) is 3.31. The van der Waals surface area contributed by atoms with Crippen molar-refractivity contribution in [3.05, 3.63) is 23.2 Å². The first-order chi connectivity index (χ1) is 8.99. The number of halogens is 1. The standard InChI is InChI=1S/C14H21ClN2O2/c1-10(2)4-3-7-19-9-14(18)17-13-8-11(16)5-6-12(13)15/h5-6,8,10H,3-4,7,9,16H2,1-2H3,(H,17,18). The van der Waals surface area contributed by atoms with Crippen LogP contribution in [0, 0.1) is 5.92 Å². The number of rotatable bonds is 7. The predicted molar refractivity (Wildman–Crippen MR) is 79.4 cm³/mol. The van der Waals surface area contributed by atoms with Gasteiger partial charge in [0, 0.05) is 12.3 Å². The highest BCUT2D eigenvalue weighted by molar-refractivity contribution is 6.33. The van der Waals surface area contributed by atoms with Gasteiger partial charge in [-0.25, -0.2) is 0 Å². The first kappa shape index (κ1) is 15.8. The SMILES string of the molecule is CC(C)CCCOCC(=O)Nc1cc(N)ccc1Cl. The normalized spacial score (nSPS) is 10.7. The quantitative estimate of drug-likeness (QED) is 0.596. The number of carbonyl (C=O) groups excluding carboxylic acids is 1. The van der Waals surface area contributed by atoms with Gasteiger partial charge in [0.15, 0.2) is 0 Å². The molecule has 0 radical (unpaired) electrons. The summed E-state index contributed by atoms with van der Waals surface area (Å²) in [5, 5.41) is 3.14. The Bertz CT molecular complexity index is 422. The molecule has 1 amide bonds. The summed E-state index contributed by atoms with van der Waals surface area (Å²) in [5.74, 6) is 0.431. The van der Waals surface area contributed by atoms with Crippen LogP contribution < -0.4 is 11.1 Å². The number of nitrogens with two attached hydrogens (primary N) is 1. The van der Waals surface area contributed by atoms with Crippen molar-refractivity contribution >= 4 is 28.9 Å². The molecule has 0 aliphatic carbocycles. The minimum atomic E-state index is -0.225. The smallest absolute Gasteiger partial charge is 0.250 e. The fourth-order valence-corrected chi connectivity index (χ4v) is 1.75. The van der Waals surface area contributed by atoms with Gasteiger partial charge in [0.25, 0.3) is 0 Å². The molecular formula is C14H21ClN2O2. The zero-order chi connectivity index (χ0) is 14.3. The molecule has 0 heterocycles. The number of nitrogen functional groups attached to an aromatic ring is 1. The number of ether oxygens (including phenoxy) is 1. The third kappa shape index (κ3) is 6.45. The van der Waals surface area contributed by atoms with Crippen molar-refractivity contribution in [2.45, 2.75) is 26.7 Å². The Morgan fingerprint density at radius 3 is 2.89 bits per heavy atom. The molecule has 1 aromatic carbocycles. The Balaban J connectivity index is 2.29. The van der Waals surface area contributed by atoms with Crippen molar-refractivity contribution in [1.82, 2.24) is 0 Å². The van der Waals surface area contributed by atoms with Gasteiger partial charge in [-0.05, 0) is 37.0 Å². The van der Waals surface area contributed by atoms with E-state index in [1.165, 1.54) is 0 Å². The van der Waals surface area contributed by atoms with Crippen LogP contribution in [0.25, 0.3) is 0 Å². The molecule has 0 saturated heterocycles. The van der Waals surface area contributed by atoms with Gasteiger partial charge in [-0.3, -0.25) is 4.79 Å². The van der Waals surface area contributed by atoms with Gasteiger partial charge in [0.05, 0.1) is 10.7 Å². The van der Waals surface area contributed by atoms with E-state index in [2.05, 4.69) is 19.2 Å². The molecule has 1 rings (SSSR count). The monoisotopic (exact) mass is 284 g/mol. The maximum absolute atomic E-state index is 11.6. The van der Waals surface area contributed by atoms with E-state index >= 15 is 0 Å². The van der Waals surface area contributed by atoms with Gasteiger partial charge in [0.2, 0.25) is 5.91 Å². The lowest BCUT2D eigenvalue weighted by molar-refractivity contribution is -0.120. The maximum Gasteiger partial charge on any atom is 0.250 e. The molecule has 1 aromatic rings. The van der Waals surface area contributed by atoms with Crippen LogP contribution in [0.4, 0.5) is 11.4 Å². The largest absolute Gasteiger partial charge is 0.399 e. The zero-order valence-corrected chi connectivity index (χ0v) is 12.2. The number of hydrogen-bond donors (Lipinski definition) is 2. The van der Waals surface area contributed by atoms with Crippen LogP contribution in [0.15, 0.2) is 18.2 Å². The van der Waals surface area contributed by atoms with Crippen molar-refractivity contribution in [2.24, 2.45) is 5.92 Å². The number of carbonyl (C=O) groups is 1. The first-order valence-electron chi connectivity index (χ1n) is 6.41. The Morgan fingerprint density at radius 2 is 2.21 bits per heavy atom. The summed E-state index contributed by atoms with van der Waals surface area (Å²) < 4.78 is 5.30. The minimum Gasteiger partial charge on any atom is -0.399 e. The molecule has 106 valence electrons. The van der Waals surface area contributed by atoms with Crippen LogP contribution in [0.5, 0.6) is 0 Å². The van der Waals surface area contributed by atoms with Crippen molar-refractivity contribution in [2.75, 3.05) is 24.3 Å². The average Bonchev–Trinajstić information content (AvgIpc) is 2.33. The van der Waals surface area contributed by atoms with Crippen LogP contribution >= 0.6 is 11.6 Å². The topological polar surface area (TPSA) is 64.3 Å². The van der Waals surface area contributed by atoms with Crippen molar-refractivity contribution in [3.63, 3.8) is 0 Å². The van der Waals surface area contributed by atoms with E-state index in [1.807, 2.05) is 0 Å². The molecule has 0 aromatic heterocycles. The number of nitrogens with one attached hydrogen (secondary N) is 1. The van der Waals surface area contributed by atoms with E-state index in [0.29, 0.717) is 28.9 Å². The van der Waals surface area contributed by atoms with Gasteiger partial charge in [-0.2, -0.15) is 0 Å².